The first-order valence-electron chi connectivity index (χ1n) is 17.6. The van der Waals surface area contributed by atoms with Crippen LogP contribution in [-0.2, 0) is 23.7 Å². The summed E-state index contributed by atoms with van der Waals surface area (Å²) in [5.74, 6) is -3.46. The summed E-state index contributed by atoms with van der Waals surface area (Å²) in [7, 11) is -5.05. The maximum Gasteiger partial charge on any atom is 0.396 e. The van der Waals surface area contributed by atoms with Crippen LogP contribution in [0, 0.1) is 5.82 Å². The molecule has 4 atom stereocenters. The van der Waals surface area contributed by atoms with Gasteiger partial charge in [-0.3, -0.25) is 33.3 Å². The maximum absolute atomic E-state index is 15.1. The molecule has 0 spiro atoms. The van der Waals surface area contributed by atoms with Gasteiger partial charge in [0.15, 0.2) is 11.6 Å². The Labute approximate surface area is 310 Å². The van der Waals surface area contributed by atoms with Crippen molar-refractivity contribution in [2.75, 3.05) is 19.7 Å². The molecule has 290 valence electrons. The van der Waals surface area contributed by atoms with Gasteiger partial charge in [0.05, 0.1) is 6.04 Å². The quantitative estimate of drug-likeness (QED) is 0.139. The number of carbonyl (C=O) groups excluding carboxylic acids is 6. The molecule has 16 nitrogen and oxygen atoms in total. The Hall–Kier alpha value is -5.12. The van der Waals surface area contributed by atoms with E-state index in [0.717, 1.165) is 0 Å². The van der Waals surface area contributed by atoms with Crippen molar-refractivity contribution in [1.29, 1.82) is 0 Å². The van der Waals surface area contributed by atoms with E-state index in [1.165, 1.54) is 47.1 Å². The van der Waals surface area contributed by atoms with Gasteiger partial charge >= 0.3 is 7.60 Å². The van der Waals surface area contributed by atoms with Crippen LogP contribution in [-0.4, -0.2) is 103 Å². The molecular formula is C36H44FN6O10P. The van der Waals surface area contributed by atoms with Crippen LogP contribution in [0.5, 0.6) is 5.75 Å². The Bertz CT molecular complexity index is 2010. The highest BCUT2D eigenvalue weighted by Crippen LogP contribution is 2.39. The van der Waals surface area contributed by atoms with Crippen molar-refractivity contribution >= 4 is 53.6 Å². The van der Waals surface area contributed by atoms with E-state index in [1.54, 1.807) is 12.1 Å². The third-order valence-corrected chi connectivity index (χ3v) is 10.5. The first-order chi connectivity index (χ1) is 25.4. The number of halogens is 1. The average molecular weight is 771 g/mol. The van der Waals surface area contributed by atoms with Gasteiger partial charge < -0.3 is 45.7 Å². The number of aromatic nitrogens is 1. The highest BCUT2D eigenvalue weighted by molar-refractivity contribution is 7.70. The lowest BCUT2D eigenvalue weighted by atomic mass is 10.0. The minimum Gasteiger partial charge on any atom is -0.488 e. The molecule has 18 heteroatoms. The van der Waals surface area contributed by atoms with E-state index >= 15 is 4.39 Å². The topological polar surface area (TPSA) is 242 Å². The summed E-state index contributed by atoms with van der Waals surface area (Å²) < 4.78 is 32.4. The second-order valence-corrected chi connectivity index (χ2v) is 15.4. The summed E-state index contributed by atoms with van der Waals surface area (Å²) in [4.78, 5) is 102. The summed E-state index contributed by atoms with van der Waals surface area (Å²) >= 11 is 0. The monoisotopic (exact) mass is 770 g/mol. The molecule has 0 radical (unpaired) electrons. The van der Waals surface area contributed by atoms with Gasteiger partial charge in [0.2, 0.25) is 23.6 Å². The van der Waals surface area contributed by atoms with Gasteiger partial charge in [0, 0.05) is 48.9 Å². The fourth-order valence-corrected chi connectivity index (χ4v) is 7.38. The summed E-state index contributed by atoms with van der Waals surface area (Å²) in [6.07, 6.45) is 1.08. The Morgan fingerprint density at radius 1 is 1.09 bits per heavy atom. The molecular weight excluding hydrogens is 726 g/mol. The summed E-state index contributed by atoms with van der Waals surface area (Å²) in [5, 5.41) is 5.84. The Balaban J connectivity index is 1.35. The van der Waals surface area contributed by atoms with Crippen LogP contribution in [0.4, 0.5) is 4.39 Å². The van der Waals surface area contributed by atoms with E-state index in [0.29, 0.717) is 29.3 Å². The molecule has 2 saturated heterocycles. The van der Waals surface area contributed by atoms with Crippen LogP contribution in [0.3, 0.4) is 0 Å². The number of nitrogens with two attached hydrogens (primary N) is 1. The number of aromatic amines is 1. The minimum atomic E-state index is -5.05. The molecule has 2 fully saturated rings. The maximum atomic E-state index is 15.1. The zero-order chi connectivity index (χ0) is 39.5. The number of ether oxygens (including phenoxy) is 1. The minimum absolute atomic E-state index is 0.0157. The molecule has 5 amide bonds. The zero-order valence-electron chi connectivity index (χ0n) is 30.0. The number of benzene rings is 2. The van der Waals surface area contributed by atoms with Gasteiger partial charge in [-0.2, -0.15) is 0 Å². The summed E-state index contributed by atoms with van der Waals surface area (Å²) in [6, 6.07) is 6.47. The lowest BCUT2D eigenvalue weighted by Crippen LogP contribution is -2.61. The number of fused-ring (bicyclic) bond motifs is 2. The number of amides is 5. The number of hydrogen-bond donors (Lipinski definition) is 6. The highest BCUT2D eigenvalue weighted by Gasteiger charge is 2.45. The van der Waals surface area contributed by atoms with Gasteiger partial charge in [0.25, 0.3) is 11.4 Å². The molecule has 1 aromatic heterocycles. The molecule has 2 aliphatic heterocycles. The fraction of sp³-hybridized carbons (Fsp3) is 0.444. The van der Waals surface area contributed by atoms with Crippen LogP contribution < -0.4 is 21.1 Å². The molecule has 7 N–H and O–H groups in total. The van der Waals surface area contributed by atoms with E-state index in [9.17, 15) is 43.1 Å². The molecule has 2 aliphatic rings. The molecule has 0 unspecified atom stereocenters. The smallest absolute Gasteiger partial charge is 0.396 e. The average Bonchev–Trinajstić information content (AvgIpc) is 3.73. The standard InChI is InChI=1S/C36H44FN6O10P/c1-19(2)25-5-4-6-30(32(25)37)53-18-23(8-12-31(38)45)39-34(47)29-11-9-24-13-14-42(20(3)44)17-28(35(48)43(24)29)41-33(46)27-16-22-15-21(7-10-26(22)40-27)36(49)54(50,51)52/h4-7,10,15-16,19,23-24,28-29,40H,8-9,11-14,17-18H2,1-3H3,(H2,38,45)(H,39,47)(H,41,46)(H2,50,51,52)/t23-,24+,28-,29-/m0/s1. The van der Waals surface area contributed by atoms with Crippen molar-refractivity contribution in [3.63, 3.8) is 0 Å². The van der Waals surface area contributed by atoms with Crippen LogP contribution in [0.15, 0.2) is 42.5 Å². The Kier molecular flexibility index (Phi) is 12.2. The van der Waals surface area contributed by atoms with Gasteiger partial charge in [-0.05, 0) is 67.5 Å². The molecule has 2 aromatic carbocycles. The summed E-state index contributed by atoms with van der Waals surface area (Å²) in [6.45, 7) is 4.91. The normalized spacial score (nSPS) is 19.5. The van der Waals surface area contributed by atoms with Crippen molar-refractivity contribution in [3.05, 3.63) is 65.1 Å². The summed E-state index contributed by atoms with van der Waals surface area (Å²) in [5.41, 5.74) is 4.55. The third kappa shape index (κ3) is 9.14. The zero-order valence-corrected chi connectivity index (χ0v) is 30.9. The van der Waals surface area contributed by atoms with Gasteiger partial charge in [-0.15, -0.1) is 0 Å². The van der Waals surface area contributed by atoms with Crippen molar-refractivity contribution in [3.8, 4) is 5.75 Å². The predicted octanol–water partition coefficient (Wildman–Crippen LogP) is 2.29. The fourth-order valence-electron chi connectivity index (χ4n) is 6.90. The molecule has 3 heterocycles. The lowest BCUT2D eigenvalue weighted by molar-refractivity contribution is -0.145. The SMILES string of the molecule is CC(=O)N1CC[C@H]2CC[C@@H](C(=O)N[C@@H](CCC(N)=O)COc3cccc(C(C)C)c3F)N2C(=O)[C@@H](NC(=O)c2cc3cc(C(=O)P(=O)(O)O)ccc3[nH]2)C1. The highest BCUT2D eigenvalue weighted by atomic mass is 31.2. The van der Waals surface area contributed by atoms with Crippen molar-refractivity contribution in [1.82, 2.24) is 25.4 Å². The number of hydrogen-bond acceptors (Lipinski definition) is 8. The second-order valence-electron chi connectivity index (χ2n) is 13.9. The van der Waals surface area contributed by atoms with Crippen molar-refractivity contribution < 1.29 is 52.2 Å². The molecule has 0 aliphatic carbocycles. The van der Waals surface area contributed by atoms with E-state index in [1.807, 2.05) is 13.8 Å². The largest absolute Gasteiger partial charge is 0.488 e. The number of primary amides is 1. The van der Waals surface area contributed by atoms with Crippen LogP contribution in [0.2, 0.25) is 0 Å². The Morgan fingerprint density at radius 2 is 1.83 bits per heavy atom. The van der Waals surface area contributed by atoms with Crippen molar-refractivity contribution in [2.24, 2.45) is 5.73 Å². The van der Waals surface area contributed by atoms with E-state index < -0.39 is 66.7 Å². The van der Waals surface area contributed by atoms with Gasteiger partial charge in [-0.25, -0.2) is 4.39 Å². The van der Waals surface area contributed by atoms with Gasteiger partial charge in [-0.1, -0.05) is 26.0 Å². The van der Waals surface area contributed by atoms with Crippen LogP contribution in [0.25, 0.3) is 10.9 Å². The van der Waals surface area contributed by atoms with Crippen LogP contribution >= 0.6 is 7.60 Å². The number of H-pyrrole nitrogens is 1. The van der Waals surface area contributed by atoms with Crippen LogP contribution in [0.1, 0.15) is 85.2 Å². The first kappa shape index (κ1) is 40.1. The molecule has 0 saturated carbocycles. The number of nitrogens with one attached hydrogen (secondary N) is 3. The van der Waals surface area contributed by atoms with Crippen molar-refractivity contribution in [2.45, 2.75) is 83.0 Å². The number of rotatable bonds is 13. The second kappa shape index (κ2) is 16.5. The first-order valence-corrected chi connectivity index (χ1v) is 19.2. The Morgan fingerprint density at radius 3 is 2.50 bits per heavy atom. The molecule has 5 rings (SSSR count). The molecule has 3 aromatic rings. The molecule has 0 bridgehead atoms. The van der Waals surface area contributed by atoms with Gasteiger partial charge in [0.1, 0.15) is 24.4 Å². The number of nitrogens with zero attached hydrogens (tertiary/aromatic N) is 2. The predicted molar refractivity (Wildman–Crippen MR) is 193 cm³/mol. The van der Waals surface area contributed by atoms with E-state index in [4.69, 9.17) is 10.5 Å². The van der Waals surface area contributed by atoms with E-state index in [-0.39, 0.29) is 67.8 Å². The number of carbonyl (C=O) groups is 6. The van der Waals surface area contributed by atoms with E-state index in [2.05, 4.69) is 15.6 Å². The third-order valence-electron chi connectivity index (χ3n) is 9.76. The molecule has 54 heavy (non-hydrogen) atoms. The lowest BCUT2D eigenvalue weighted by Gasteiger charge is -2.38.